The van der Waals surface area contributed by atoms with E-state index in [1.165, 1.54) is 6.21 Å². The van der Waals surface area contributed by atoms with Crippen LogP contribution in [-0.2, 0) is 4.84 Å². The van der Waals surface area contributed by atoms with Crippen LogP contribution in [0, 0.1) is 0 Å². The Morgan fingerprint density at radius 2 is 2.70 bits per heavy atom. The molecule has 0 aliphatic heterocycles. The van der Waals surface area contributed by atoms with Crippen molar-refractivity contribution in [1.82, 2.24) is 0 Å². The summed E-state index contributed by atoms with van der Waals surface area (Å²) in [6.07, 6.45) is 3.12. The van der Waals surface area contributed by atoms with E-state index in [1.54, 1.807) is 12.3 Å². The maximum Gasteiger partial charge on any atom is 0.148 e. The summed E-state index contributed by atoms with van der Waals surface area (Å²) in [7, 11) is 0. The van der Waals surface area contributed by atoms with E-state index in [4.69, 9.17) is 9.25 Å². The summed E-state index contributed by atoms with van der Waals surface area (Å²) >= 11 is 0. The summed E-state index contributed by atoms with van der Waals surface area (Å²) in [5.74, 6) is 0.702. The van der Waals surface area contributed by atoms with Crippen molar-refractivity contribution in [3.63, 3.8) is 0 Å². The van der Waals surface area contributed by atoms with Gasteiger partial charge in [0.25, 0.3) is 0 Å². The number of hydrogen-bond acceptors (Lipinski definition) is 3. The Bertz CT molecular complexity index is 191. The predicted octanol–water partition coefficient (Wildman–Crippen LogP) is 1.65. The van der Waals surface area contributed by atoms with Crippen LogP contribution in [0.2, 0.25) is 0 Å². The minimum atomic E-state index is 0.581. The zero-order valence-corrected chi connectivity index (χ0v) is 5.78. The molecule has 0 atom stereocenters. The van der Waals surface area contributed by atoms with Gasteiger partial charge in [0.05, 0.1) is 6.26 Å². The summed E-state index contributed by atoms with van der Waals surface area (Å²) in [4.78, 5) is 4.72. The highest BCUT2D eigenvalue weighted by atomic mass is 16.6. The molecule has 0 fully saturated rings. The number of nitrogens with zero attached hydrogens (tertiary/aromatic N) is 1. The molecule has 0 unspecified atom stereocenters. The van der Waals surface area contributed by atoms with E-state index < -0.39 is 0 Å². The Hall–Kier alpha value is -1.25. The van der Waals surface area contributed by atoms with Gasteiger partial charge in [0.1, 0.15) is 18.6 Å². The fourth-order valence-electron chi connectivity index (χ4n) is 0.528. The van der Waals surface area contributed by atoms with E-state index in [0.717, 1.165) is 0 Å². The van der Waals surface area contributed by atoms with Gasteiger partial charge in [-0.05, 0) is 19.1 Å². The zero-order chi connectivity index (χ0) is 7.23. The second-order valence-electron chi connectivity index (χ2n) is 1.67. The molecule has 0 bridgehead atoms. The van der Waals surface area contributed by atoms with Crippen molar-refractivity contribution in [2.75, 3.05) is 6.61 Å². The van der Waals surface area contributed by atoms with Crippen LogP contribution in [0.3, 0.4) is 0 Å². The zero-order valence-electron chi connectivity index (χ0n) is 5.78. The number of rotatable bonds is 3. The average Bonchev–Trinajstić information content (AvgIpc) is 2.41. The Morgan fingerprint density at radius 1 is 1.80 bits per heavy atom. The van der Waals surface area contributed by atoms with E-state index >= 15 is 0 Å². The lowest BCUT2D eigenvalue weighted by Crippen LogP contribution is -1.80. The summed E-state index contributed by atoms with van der Waals surface area (Å²) in [6, 6.07) is 3.61. The number of furan rings is 1. The summed E-state index contributed by atoms with van der Waals surface area (Å²) in [5, 5.41) is 3.61. The Kier molecular flexibility index (Phi) is 2.55. The van der Waals surface area contributed by atoms with Gasteiger partial charge in [-0.2, -0.15) is 0 Å². The first kappa shape index (κ1) is 6.86. The second kappa shape index (κ2) is 3.71. The molecule has 3 nitrogen and oxygen atoms in total. The summed E-state index contributed by atoms with van der Waals surface area (Å²) in [6.45, 7) is 2.46. The van der Waals surface area contributed by atoms with Gasteiger partial charge in [0.15, 0.2) is 0 Å². The van der Waals surface area contributed by atoms with E-state index in [9.17, 15) is 0 Å². The Labute approximate surface area is 59.3 Å². The summed E-state index contributed by atoms with van der Waals surface area (Å²) < 4.78 is 4.95. The minimum absolute atomic E-state index is 0.581. The Morgan fingerprint density at radius 3 is 3.30 bits per heavy atom. The van der Waals surface area contributed by atoms with Crippen LogP contribution in [0.5, 0.6) is 0 Å². The molecular weight excluding hydrogens is 130 g/mol. The third kappa shape index (κ3) is 1.93. The van der Waals surface area contributed by atoms with Crippen molar-refractivity contribution in [2.24, 2.45) is 5.16 Å². The second-order valence-corrected chi connectivity index (χ2v) is 1.67. The summed E-state index contributed by atoms with van der Waals surface area (Å²) in [5.41, 5.74) is 0. The van der Waals surface area contributed by atoms with Gasteiger partial charge in [-0.3, -0.25) is 0 Å². The van der Waals surface area contributed by atoms with E-state index in [-0.39, 0.29) is 0 Å². The minimum Gasteiger partial charge on any atom is -0.463 e. The first-order valence-electron chi connectivity index (χ1n) is 3.12. The molecule has 0 aliphatic carbocycles. The SMILES string of the molecule is CCON=Cc1ccco1. The van der Waals surface area contributed by atoms with E-state index in [2.05, 4.69) is 5.16 Å². The first-order chi connectivity index (χ1) is 4.93. The van der Waals surface area contributed by atoms with Gasteiger partial charge in [0, 0.05) is 0 Å². The highest BCUT2D eigenvalue weighted by Crippen LogP contribution is 1.94. The normalized spacial score (nSPS) is 10.5. The molecule has 0 N–H and O–H groups in total. The van der Waals surface area contributed by atoms with Gasteiger partial charge < -0.3 is 9.25 Å². The highest BCUT2D eigenvalue weighted by Gasteiger charge is 1.86. The van der Waals surface area contributed by atoms with Crippen LogP contribution in [0.25, 0.3) is 0 Å². The molecular formula is C7H9NO2. The van der Waals surface area contributed by atoms with Gasteiger partial charge in [-0.1, -0.05) is 5.16 Å². The standard InChI is InChI=1S/C7H9NO2/c1-2-10-8-6-7-4-3-5-9-7/h3-6H,2H2,1H3. The third-order valence-electron chi connectivity index (χ3n) is 0.927. The van der Waals surface area contributed by atoms with Crippen molar-refractivity contribution in [3.05, 3.63) is 24.2 Å². The third-order valence-corrected chi connectivity index (χ3v) is 0.927. The molecule has 1 heterocycles. The molecule has 1 aromatic heterocycles. The van der Waals surface area contributed by atoms with Crippen molar-refractivity contribution >= 4 is 6.21 Å². The van der Waals surface area contributed by atoms with Crippen LogP contribution in [0.15, 0.2) is 28.0 Å². The van der Waals surface area contributed by atoms with Crippen LogP contribution >= 0.6 is 0 Å². The van der Waals surface area contributed by atoms with Crippen molar-refractivity contribution in [1.29, 1.82) is 0 Å². The van der Waals surface area contributed by atoms with Crippen LogP contribution in [-0.4, -0.2) is 12.8 Å². The highest BCUT2D eigenvalue weighted by molar-refractivity contribution is 5.74. The smallest absolute Gasteiger partial charge is 0.148 e. The molecule has 0 radical (unpaired) electrons. The quantitative estimate of drug-likeness (QED) is 0.471. The van der Waals surface area contributed by atoms with Crippen molar-refractivity contribution in [3.8, 4) is 0 Å². The predicted molar refractivity (Wildman–Crippen MR) is 37.9 cm³/mol. The molecule has 3 heteroatoms. The number of hydrogen-bond donors (Lipinski definition) is 0. The molecule has 0 amide bonds. The molecule has 10 heavy (non-hydrogen) atoms. The first-order valence-corrected chi connectivity index (χ1v) is 3.12. The fraction of sp³-hybridized carbons (Fsp3) is 0.286. The topological polar surface area (TPSA) is 34.7 Å². The van der Waals surface area contributed by atoms with E-state index in [1.807, 2.05) is 13.0 Å². The van der Waals surface area contributed by atoms with Gasteiger partial charge in [0.2, 0.25) is 0 Å². The van der Waals surface area contributed by atoms with Crippen LogP contribution in [0.4, 0.5) is 0 Å². The molecule has 0 spiro atoms. The van der Waals surface area contributed by atoms with Crippen LogP contribution < -0.4 is 0 Å². The molecule has 1 rings (SSSR count). The maximum atomic E-state index is 4.95. The number of oxime groups is 1. The van der Waals surface area contributed by atoms with Gasteiger partial charge in [-0.25, -0.2) is 0 Å². The maximum absolute atomic E-state index is 4.95. The molecule has 0 saturated heterocycles. The van der Waals surface area contributed by atoms with E-state index in [0.29, 0.717) is 12.4 Å². The molecule has 1 aromatic rings. The van der Waals surface area contributed by atoms with Crippen molar-refractivity contribution < 1.29 is 9.25 Å². The molecule has 0 saturated carbocycles. The van der Waals surface area contributed by atoms with Crippen LogP contribution in [0.1, 0.15) is 12.7 Å². The molecule has 0 aliphatic rings. The largest absolute Gasteiger partial charge is 0.463 e. The average molecular weight is 139 g/mol. The van der Waals surface area contributed by atoms with Gasteiger partial charge in [-0.15, -0.1) is 0 Å². The lowest BCUT2D eigenvalue weighted by molar-refractivity contribution is 0.160. The molecule has 0 aromatic carbocycles. The monoisotopic (exact) mass is 139 g/mol. The Balaban J connectivity index is 2.40. The molecule has 54 valence electrons. The lowest BCUT2D eigenvalue weighted by atomic mass is 10.5. The van der Waals surface area contributed by atoms with Gasteiger partial charge >= 0.3 is 0 Å². The van der Waals surface area contributed by atoms with Crippen molar-refractivity contribution in [2.45, 2.75) is 6.92 Å². The fourth-order valence-corrected chi connectivity index (χ4v) is 0.528. The lowest BCUT2D eigenvalue weighted by Gasteiger charge is -1.87.